The topological polar surface area (TPSA) is 91.4 Å². The number of rotatable bonds is 8. The highest BCUT2D eigenvalue weighted by Gasteiger charge is 2.37. The molecule has 34 heavy (non-hydrogen) atoms. The van der Waals surface area contributed by atoms with Gasteiger partial charge in [-0.1, -0.05) is 30.3 Å². The summed E-state index contributed by atoms with van der Waals surface area (Å²) >= 11 is 0. The molecule has 1 heterocycles. The van der Waals surface area contributed by atoms with Crippen molar-refractivity contribution in [2.24, 2.45) is 0 Å². The highest BCUT2D eigenvalue weighted by atomic mass is 16.5. The number of benzene rings is 2. The van der Waals surface area contributed by atoms with Gasteiger partial charge in [-0.05, 0) is 37.6 Å². The zero-order chi connectivity index (χ0) is 24.7. The number of methoxy groups -OCH3 is 2. The van der Waals surface area contributed by atoms with Gasteiger partial charge < -0.3 is 18.9 Å². The molecule has 0 fully saturated rings. The van der Waals surface area contributed by atoms with Crippen LogP contribution in [-0.4, -0.2) is 50.2 Å². The van der Waals surface area contributed by atoms with Crippen LogP contribution in [0.5, 0.6) is 11.5 Å². The third-order valence-corrected chi connectivity index (χ3v) is 5.20. The molecule has 3 rings (SSSR count). The smallest absolute Gasteiger partial charge is 0.336 e. The standard InChI is InChI=1S/C26H27NO7/c1-5-33-25(29)19-15-27(24(28)18-12-13-21(31-3)22(14-18)32-4)16-20(26(30)34-6-2)23(19)17-10-8-7-9-11-17/h7-16,23H,5-6H2,1-4H3. The summed E-state index contributed by atoms with van der Waals surface area (Å²) in [6.45, 7) is 3.65. The molecule has 0 unspecified atom stereocenters. The van der Waals surface area contributed by atoms with Crippen molar-refractivity contribution in [1.82, 2.24) is 4.90 Å². The van der Waals surface area contributed by atoms with Crippen LogP contribution in [0.4, 0.5) is 0 Å². The number of esters is 2. The molecule has 1 amide bonds. The normalized spacial score (nSPS) is 13.5. The number of carbonyl (C=O) groups excluding carboxylic acids is 3. The van der Waals surface area contributed by atoms with Gasteiger partial charge in [-0.2, -0.15) is 0 Å². The lowest BCUT2D eigenvalue weighted by Crippen LogP contribution is -2.32. The van der Waals surface area contributed by atoms with Crippen molar-refractivity contribution >= 4 is 17.8 Å². The Balaban J connectivity index is 2.13. The fourth-order valence-electron chi connectivity index (χ4n) is 3.66. The van der Waals surface area contributed by atoms with Crippen molar-refractivity contribution < 1.29 is 33.3 Å². The van der Waals surface area contributed by atoms with Gasteiger partial charge in [0.05, 0.1) is 44.5 Å². The first-order chi connectivity index (χ1) is 16.4. The van der Waals surface area contributed by atoms with Crippen molar-refractivity contribution in [2.75, 3.05) is 27.4 Å². The van der Waals surface area contributed by atoms with Crippen LogP contribution in [0.25, 0.3) is 0 Å². The van der Waals surface area contributed by atoms with Gasteiger partial charge in [0, 0.05) is 18.0 Å². The van der Waals surface area contributed by atoms with E-state index in [0.29, 0.717) is 17.1 Å². The van der Waals surface area contributed by atoms with Gasteiger partial charge in [0.2, 0.25) is 0 Å². The minimum absolute atomic E-state index is 0.139. The quantitative estimate of drug-likeness (QED) is 0.547. The maximum atomic E-state index is 13.4. The number of carbonyl (C=O) groups is 3. The Kier molecular flexibility index (Phi) is 8.08. The molecule has 0 N–H and O–H groups in total. The Morgan fingerprint density at radius 3 is 1.85 bits per heavy atom. The van der Waals surface area contributed by atoms with E-state index in [9.17, 15) is 14.4 Å². The molecule has 1 aliphatic heterocycles. The number of hydrogen-bond acceptors (Lipinski definition) is 7. The molecule has 1 aliphatic rings. The zero-order valence-corrected chi connectivity index (χ0v) is 19.6. The molecule has 0 aromatic heterocycles. The van der Waals surface area contributed by atoms with E-state index < -0.39 is 23.8 Å². The van der Waals surface area contributed by atoms with Crippen LogP contribution in [0.2, 0.25) is 0 Å². The van der Waals surface area contributed by atoms with Gasteiger partial charge in [0.15, 0.2) is 11.5 Å². The summed E-state index contributed by atoms with van der Waals surface area (Å²) in [7, 11) is 2.96. The SMILES string of the molecule is CCOC(=O)C1=CN(C(=O)c2ccc(OC)c(OC)c2)C=C(C(=O)OCC)C1c1ccccc1. The van der Waals surface area contributed by atoms with E-state index in [-0.39, 0.29) is 29.9 Å². The molecule has 0 saturated carbocycles. The lowest BCUT2D eigenvalue weighted by molar-refractivity contribution is -0.139. The maximum absolute atomic E-state index is 13.4. The zero-order valence-electron chi connectivity index (χ0n) is 19.6. The summed E-state index contributed by atoms with van der Waals surface area (Å²) in [5.74, 6) is -1.65. The summed E-state index contributed by atoms with van der Waals surface area (Å²) in [5, 5.41) is 0. The average Bonchev–Trinajstić information content (AvgIpc) is 2.87. The molecule has 2 aromatic rings. The molecular weight excluding hydrogens is 438 g/mol. The van der Waals surface area contributed by atoms with E-state index in [4.69, 9.17) is 18.9 Å². The highest BCUT2D eigenvalue weighted by molar-refractivity contribution is 6.02. The van der Waals surface area contributed by atoms with Crippen LogP contribution >= 0.6 is 0 Å². The third kappa shape index (κ3) is 5.11. The molecule has 0 radical (unpaired) electrons. The molecule has 0 saturated heterocycles. The van der Waals surface area contributed by atoms with Crippen molar-refractivity contribution in [1.29, 1.82) is 0 Å². The van der Waals surface area contributed by atoms with Crippen LogP contribution in [-0.2, 0) is 19.1 Å². The summed E-state index contributed by atoms with van der Waals surface area (Å²) < 4.78 is 21.1. The predicted octanol–water partition coefficient (Wildman–Crippen LogP) is 3.84. The molecule has 0 bridgehead atoms. The number of amides is 1. The summed E-state index contributed by atoms with van der Waals surface area (Å²) in [6.07, 6.45) is 2.80. The lowest BCUT2D eigenvalue weighted by atomic mass is 9.83. The van der Waals surface area contributed by atoms with E-state index in [1.807, 2.05) is 18.2 Å². The van der Waals surface area contributed by atoms with Crippen LogP contribution in [0.1, 0.15) is 35.7 Å². The van der Waals surface area contributed by atoms with E-state index in [1.165, 1.54) is 37.6 Å². The molecule has 0 spiro atoms. The second kappa shape index (κ2) is 11.2. The Bertz CT molecular complexity index is 1090. The first-order valence-electron chi connectivity index (χ1n) is 10.8. The molecular formula is C26H27NO7. The van der Waals surface area contributed by atoms with E-state index in [2.05, 4.69) is 0 Å². The minimum Gasteiger partial charge on any atom is -0.493 e. The van der Waals surface area contributed by atoms with Gasteiger partial charge in [-0.25, -0.2) is 9.59 Å². The third-order valence-electron chi connectivity index (χ3n) is 5.20. The molecule has 8 heteroatoms. The fraction of sp³-hybridized carbons (Fsp3) is 0.269. The molecule has 2 aromatic carbocycles. The van der Waals surface area contributed by atoms with Gasteiger partial charge in [-0.15, -0.1) is 0 Å². The summed E-state index contributed by atoms with van der Waals surface area (Å²) in [4.78, 5) is 40.5. The van der Waals surface area contributed by atoms with Crippen molar-refractivity contribution in [3.8, 4) is 11.5 Å². The second-order valence-corrected chi connectivity index (χ2v) is 7.24. The maximum Gasteiger partial charge on any atom is 0.336 e. The second-order valence-electron chi connectivity index (χ2n) is 7.24. The van der Waals surface area contributed by atoms with Crippen molar-refractivity contribution in [2.45, 2.75) is 19.8 Å². The summed E-state index contributed by atoms with van der Waals surface area (Å²) in [6, 6.07) is 13.8. The Morgan fingerprint density at radius 2 is 1.35 bits per heavy atom. The van der Waals surface area contributed by atoms with Crippen LogP contribution in [0, 0.1) is 0 Å². The first-order valence-corrected chi connectivity index (χ1v) is 10.8. The van der Waals surface area contributed by atoms with E-state index in [1.54, 1.807) is 38.1 Å². The largest absolute Gasteiger partial charge is 0.493 e. The van der Waals surface area contributed by atoms with Crippen molar-refractivity contribution in [3.63, 3.8) is 0 Å². The summed E-state index contributed by atoms with van der Waals surface area (Å²) in [5.41, 5.74) is 1.26. The van der Waals surface area contributed by atoms with Crippen molar-refractivity contribution in [3.05, 3.63) is 83.2 Å². The van der Waals surface area contributed by atoms with Crippen LogP contribution in [0.15, 0.2) is 72.1 Å². The van der Waals surface area contributed by atoms with Gasteiger partial charge >= 0.3 is 11.9 Å². The molecule has 8 nitrogen and oxygen atoms in total. The Labute approximate surface area is 198 Å². The van der Waals surface area contributed by atoms with E-state index >= 15 is 0 Å². The predicted molar refractivity (Wildman–Crippen MR) is 124 cm³/mol. The highest BCUT2D eigenvalue weighted by Crippen LogP contribution is 2.38. The lowest BCUT2D eigenvalue weighted by Gasteiger charge is -2.29. The Morgan fingerprint density at radius 1 is 0.794 bits per heavy atom. The molecule has 0 aliphatic carbocycles. The van der Waals surface area contributed by atoms with E-state index in [0.717, 1.165) is 0 Å². The fourth-order valence-corrected chi connectivity index (χ4v) is 3.66. The first kappa shape index (κ1) is 24.6. The molecule has 0 atom stereocenters. The monoisotopic (exact) mass is 465 g/mol. The van der Waals surface area contributed by atoms with Crippen LogP contribution < -0.4 is 9.47 Å². The minimum atomic E-state index is -0.756. The van der Waals surface area contributed by atoms with Gasteiger partial charge in [0.25, 0.3) is 5.91 Å². The Hall–Kier alpha value is -4.07. The average molecular weight is 466 g/mol. The number of hydrogen-bond donors (Lipinski definition) is 0. The van der Waals surface area contributed by atoms with Gasteiger partial charge in [0.1, 0.15) is 0 Å². The number of nitrogens with zero attached hydrogens (tertiary/aromatic N) is 1. The van der Waals surface area contributed by atoms with Crippen LogP contribution in [0.3, 0.4) is 0 Å². The number of ether oxygens (including phenoxy) is 4. The van der Waals surface area contributed by atoms with Gasteiger partial charge in [-0.3, -0.25) is 9.69 Å². The molecule has 178 valence electrons.